The molecule has 2 unspecified atom stereocenters. The highest BCUT2D eigenvalue weighted by molar-refractivity contribution is 5.87. The van der Waals surface area contributed by atoms with E-state index >= 15 is 0 Å². The van der Waals surface area contributed by atoms with Crippen LogP contribution in [0.3, 0.4) is 0 Å². The summed E-state index contributed by atoms with van der Waals surface area (Å²) in [6.45, 7) is 1.97. The number of rotatable bonds is 4. The molecule has 2 saturated carbocycles. The molecule has 7 nitrogen and oxygen atoms in total. The predicted molar refractivity (Wildman–Crippen MR) is 117 cm³/mol. The lowest BCUT2D eigenvalue weighted by atomic mass is 9.44. The molecule has 0 aromatic carbocycles. The predicted octanol–water partition coefficient (Wildman–Crippen LogP) is 2.11. The van der Waals surface area contributed by atoms with Crippen molar-refractivity contribution in [1.29, 1.82) is 0 Å². The highest BCUT2D eigenvalue weighted by Gasteiger charge is 2.67. The molecule has 2 heterocycles. The first-order chi connectivity index (χ1) is 15.3. The van der Waals surface area contributed by atoms with E-state index in [1.807, 2.05) is 6.08 Å². The summed E-state index contributed by atoms with van der Waals surface area (Å²) in [7, 11) is 1.67. The number of aliphatic hydroxyl groups is 1. The molecule has 5 aliphatic rings. The number of aromatic amines is 1. The van der Waals surface area contributed by atoms with Crippen molar-refractivity contribution in [3.8, 4) is 0 Å². The summed E-state index contributed by atoms with van der Waals surface area (Å²) < 4.78 is 5.56. The van der Waals surface area contributed by atoms with Crippen LogP contribution in [0, 0.1) is 23.2 Å². The van der Waals surface area contributed by atoms with Crippen molar-refractivity contribution < 1.29 is 19.7 Å². The maximum Gasteiger partial charge on any atom is 0.341 e. The van der Waals surface area contributed by atoms with E-state index in [0.717, 1.165) is 48.9 Å². The van der Waals surface area contributed by atoms with Gasteiger partial charge in [0.25, 0.3) is 5.56 Å². The van der Waals surface area contributed by atoms with Crippen LogP contribution in [0.1, 0.15) is 47.3 Å². The van der Waals surface area contributed by atoms with Crippen molar-refractivity contribution in [1.82, 2.24) is 9.88 Å². The zero-order valence-corrected chi connectivity index (χ0v) is 18.3. The van der Waals surface area contributed by atoms with Crippen LogP contribution in [0.15, 0.2) is 34.8 Å². The van der Waals surface area contributed by atoms with Crippen LogP contribution in [-0.2, 0) is 17.6 Å². The smallest absolute Gasteiger partial charge is 0.341 e. The number of carbonyl (C=O) groups is 1. The molecule has 0 amide bonds. The van der Waals surface area contributed by atoms with Crippen molar-refractivity contribution in [3.63, 3.8) is 0 Å². The second-order valence-corrected chi connectivity index (χ2v) is 10.5. The number of nitrogens with zero attached hydrogens (tertiary/aromatic N) is 1. The third-order valence-corrected chi connectivity index (χ3v) is 8.97. The van der Waals surface area contributed by atoms with E-state index in [1.54, 1.807) is 7.11 Å². The second-order valence-electron chi connectivity index (χ2n) is 10.5. The van der Waals surface area contributed by atoms with Gasteiger partial charge in [-0.2, -0.15) is 0 Å². The van der Waals surface area contributed by atoms with E-state index in [0.29, 0.717) is 18.8 Å². The first-order valence-electron chi connectivity index (χ1n) is 11.7. The molecular weight excluding hydrogens is 408 g/mol. The number of methoxy groups -OCH3 is 1. The number of hydrogen-bond acceptors (Lipinski definition) is 5. The van der Waals surface area contributed by atoms with Crippen LogP contribution in [0.5, 0.6) is 0 Å². The van der Waals surface area contributed by atoms with Gasteiger partial charge in [-0.05, 0) is 80.2 Å². The third kappa shape index (κ3) is 2.73. The van der Waals surface area contributed by atoms with Gasteiger partial charge in [0.05, 0.1) is 12.7 Å². The number of carboxylic acid groups (broad SMARTS) is 1. The van der Waals surface area contributed by atoms with Crippen molar-refractivity contribution in [3.05, 3.63) is 57.2 Å². The number of carboxylic acids is 1. The lowest BCUT2D eigenvalue weighted by Gasteiger charge is -2.67. The summed E-state index contributed by atoms with van der Waals surface area (Å²) in [4.78, 5) is 29.4. The van der Waals surface area contributed by atoms with Crippen LogP contribution in [0.4, 0.5) is 0 Å². The molecule has 32 heavy (non-hydrogen) atoms. The molecule has 2 bridgehead atoms. The minimum Gasteiger partial charge on any atom is -0.497 e. The van der Waals surface area contributed by atoms with Gasteiger partial charge in [0, 0.05) is 30.1 Å². The Morgan fingerprint density at radius 2 is 2.16 bits per heavy atom. The van der Waals surface area contributed by atoms with Crippen molar-refractivity contribution >= 4 is 5.97 Å². The molecule has 1 aliphatic heterocycles. The Morgan fingerprint density at radius 3 is 2.88 bits per heavy atom. The second kappa shape index (κ2) is 6.81. The molecule has 170 valence electrons. The molecule has 0 radical (unpaired) electrons. The van der Waals surface area contributed by atoms with Crippen molar-refractivity contribution in [2.75, 3.05) is 20.2 Å². The van der Waals surface area contributed by atoms with E-state index in [-0.39, 0.29) is 17.5 Å². The number of ether oxygens (including phenoxy) is 1. The van der Waals surface area contributed by atoms with Gasteiger partial charge in [0.2, 0.25) is 0 Å². The van der Waals surface area contributed by atoms with Gasteiger partial charge in [-0.25, -0.2) is 4.79 Å². The number of H-pyrrole nitrogens is 1. The lowest BCUT2D eigenvalue weighted by Crippen LogP contribution is -2.75. The van der Waals surface area contributed by atoms with E-state index < -0.39 is 22.5 Å². The van der Waals surface area contributed by atoms with Crippen LogP contribution in [0.2, 0.25) is 0 Å². The van der Waals surface area contributed by atoms with Crippen molar-refractivity contribution in [2.45, 2.75) is 50.2 Å². The third-order valence-electron chi connectivity index (χ3n) is 8.97. The van der Waals surface area contributed by atoms with E-state index in [2.05, 4.69) is 22.0 Å². The van der Waals surface area contributed by atoms with Gasteiger partial charge >= 0.3 is 5.97 Å². The number of allylic oxidation sites excluding steroid dienone is 3. The van der Waals surface area contributed by atoms with Crippen LogP contribution >= 0.6 is 0 Å². The van der Waals surface area contributed by atoms with Crippen LogP contribution in [0.25, 0.3) is 0 Å². The van der Waals surface area contributed by atoms with Gasteiger partial charge in [-0.3, -0.25) is 9.69 Å². The minimum absolute atomic E-state index is 0.0219. The van der Waals surface area contributed by atoms with Gasteiger partial charge in [-0.15, -0.1) is 0 Å². The minimum atomic E-state index is -1.23. The standard InChI is InChI=1S/C25H30N2O5/c1-32-17-5-4-15-9-21-25(31)11-16-8-18(23(29)30)22(28)26-20(16)12-24(25,19(15)10-17)6-7-27(21)13-14-2-3-14/h4-5,8,10,14-15,19,21,31H,2-3,6-7,9,11-13H2,1H3,(H,26,28)(H,29,30)/t15?,19?,21-,24-,25-/m1/s1. The van der Waals surface area contributed by atoms with E-state index in [9.17, 15) is 19.8 Å². The Labute approximate surface area is 186 Å². The zero-order chi connectivity index (χ0) is 22.3. The summed E-state index contributed by atoms with van der Waals surface area (Å²) in [5, 5.41) is 22.0. The monoisotopic (exact) mass is 438 g/mol. The number of piperidine rings is 1. The average molecular weight is 439 g/mol. The molecule has 1 aromatic heterocycles. The average Bonchev–Trinajstić information content (AvgIpc) is 3.57. The largest absolute Gasteiger partial charge is 0.497 e. The molecule has 6 rings (SSSR count). The first kappa shape index (κ1) is 20.2. The number of nitrogens with one attached hydrogen (secondary N) is 1. The summed E-state index contributed by atoms with van der Waals surface area (Å²) in [5.41, 5.74) is -0.677. The Balaban J connectivity index is 1.50. The Morgan fingerprint density at radius 1 is 1.34 bits per heavy atom. The Kier molecular flexibility index (Phi) is 4.31. The highest BCUT2D eigenvalue weighted by Crippen LogP contribution is 2.63. The van der Waals surface area contributed by atoms with Gasteiger partial charge in [-0.1, -0.05) is 6.08 Å². The quantitative estimate of drug-likeness (QED) is 0.665. The SMILES string of the molecule is COC1=CC2C(C=C1)C[C@H]1N(CC3CC3)CC[C@@]23Cc2[nH]c(=O)c(C(=O)O)cc2C[C@@]13O. The number of aromatic carboxylic acids is 1. The normalized spacial score (nSPS) is 37.7. The van der Waals surface area contributed by atoms with Gasteiger partial charge in [0.1, 0.15) is 11.3 Å². The number of aromatic nitrogens is 1. The summed E-state index contributed by atoms with van der Waals surface area (Å²) in [5.74, 6) is 0.750. The number of hydrogen-bond donors (Lipinski definition) is 3. The topological polar surface area (TPSA) is 103 Å². The molecule has 1 saturated heterocycles. The van der Waals surface area contributed by atoms with Gasteiger partial charge in [0.15, 0.2) is 0 Å². The maximum atomic E-state index is 12.5. The maximum absolute atomic E-state index is 12.5. The van der Waals surface area contributed by atoms with Gasteiger partial charge < -0.3 is 19.9 Å². The number of fused-ring (bicyclic) bond motifs is 2. The molecule has 3 fully saturated rings. The molecule has 7 heteroatoms. The molecular formula is C25H30N2O5. The van der Waals surface area contributed by atoms with Crippen LogP contribution in [-0.4, -0.2) is 57.9 Å². The Hall–Kier alpha value is -2.38. The fourth-order valence-corrected chi connectivity index (χ4v) is 7.23. The Bertz CT molecular complexity index is 1100. The van der Waals surface area contributed by atoms with Crippen LogP contribution < -0.4 is 5.56 Å². The molecule has 1 aromatic rings. The molecule has 5 atom stereocenters. The number of likely N-dealkylation sites (tertiary alicyclic amines) is 1. The lowest BCUT2D eigenvalue weighted by molar-refractivity contribution is -0.227. The molecule has 4 aliphatic carbocycles. The fraction of sp³-hybridized carbons (Fsp3) is 0.600. The molecule has 3 N–H and O–H groups in total. The number of pyridine rings is 1. The summed E-state index contributed by atoms with van der Waals surface area (Å²) in [6, 6.07) is 1.51. The summed E-state index contributed by atoms with van der Waals surface area (Å²) in [6.07, 6.45) is 11.6. The fourth-order valence-electron chi connectivity index (χ4n) is 7.23. The van der Waals surface area contributed by atoms with E-state index in [1.165, 1.54) is 18.9 Å². The first-order valence-corrected chi connectivity index (χ1v) is 11.7. The zero-order valence-electron chi connectivity index (χ0n) is 18.3. The highest BCUT2D eigenvalue weighted by atomic mass is 16.5. The molecule has 0 spiro atoms. The summed E-state index contributed by atoms with van der Waals surface area (Å²) >= 11 is 0. The van der Waals surface area contributed by atoms with Crippen molar-refractivity contribution in [2.24, 2.45) is 23.2 Å². The van der Waals surface area contributed by atoms with E-state index in [4.69, 9.17) is 4.74 Å².